The van der Waals surface area contributed by atoms with Crippen molar-refractivity contribution in [3.63, 3.8) is 0 Å². The number of hydrogen-bond acceptors (Lipinski definition) is 2. The second-order valence-corrected chi connectivity index (χ2v) is 2.86. The summed E-state index contributed by atoms with van der Waals surface area (Å²) in [7, 11) is 0. The fraction of sp³-hybridized carbons (Fsp3) is 1.00. The molecule has 0 aliphatic carbocycles. The van der Waals surface area contributed by atoms with Gasteiger partial charge in [-0.05, 0) is 6.54 Å². The molecule has 60 valence electrons. The molecule has 1 unspecified atom stereocenters. The van der Waals surface area contributed by atoms with E-state index >= 15 is 0 Å². The summed E-state index contributed by atoms with van der Waals surface area (Å²) in [4.78, 5) is 2.22. The van der Waals surface area contributed by atoms with Crippen LogP contribution in [0.1, 0.15) is 6.92 Å². The van der Waals surface area contributed by atoms with Crippen molar-refractivity contribution in [1.29, 1.82) is 0 Å². The zero-order chi connectivity index (χ0) is 7.56. The summed E-state index contributed by atoms with van der Waals surface area (Å²) in [5, 5.41) is 0. The lowest BCUT2D eigenvalue weighted by molar-refractivity contribution is 0.0468. The molecule has 0 aromatic rings. The van der Waals surface area contributed by atoms with Crippen LogP contribution >= 0.6 is 0 Å². The highest BCUT2D eigenvalue weighted by Gasteiger charge is 2.31. The Morgan fingerprint density at radius 3 is 2.70 bits per heavy atom. The highest BCUT2D eigenvalue weighted by atomic mass is 19.1. The molecule has 1 aliphatic heterocycles. The van der Waals surface area contributed by atoms with E-state index in [4.69, 9.17) is 5.73 Å². The molecule has 1 aliphatic rings. The number of likely N-dealkylation sites (tertiary alicyclic amines) is 1. The largest absolute Gasteiger partial charge is 0.328 e. The highest BCUT2D eigenvalue weighted by molar-refractivity contribution is 4.84. The third kappa shape index (κ3) is 1.47. The Bertz CT molecular complexity index is 102. The number of rotatable bonds is 3. The Morgan fingerprint density at radius 2 is 2.30 bits per heavy atom. The number of halogens is 1. The third-order valence-electron chi connectivity index (χ3n) is 2.17. The minimum absolute atomic E-state index is 0.183. The van der Waals surface area contributed by atoms with Crippen molar-refractivity contribution in [2.24, 2.45) is 11.7 Å². The Morgan fingerprint density at radius 1 is 1.70 bits per heavy atom. The maximum absolute atomic E-state index is 12.7. The van der Waals surface area contributed by atoms with Crippen LogP contribution in [0, 0.1) is 5.92 Å². The molecule has 3 heteroatoms. The van der Waals surface area contributed by atoms with Gasteiger partial charge in [0.25, 0.3) is 0 Å². The molecule has 2 nitrogen and oxygen atoms in total. The van der Waals surface area contributed by atoms with E-state index in [1.54, 1.807) is 0 Å². The molecule has 2 N–H and O–H groups in total. The van der Waals surface area contributed by atoms with Crippen molar-refractivity contribution in [2.75, 3.05) is 26.2 Å². The number of nitrogens with two attached hydrogens (primary N) is 1. The summed E-state index contributed by atoms with van der Waals surface area (Å²) >= 11 is 0. The predicted octanol–water partition coefficient (Wildman–Crippen LogP) is 0.235. The van der Waals surface area contributed by atoms with Crippen molar-refractivity contribution in [2.45, 2.75) is 13.1 Å². The van der Waals surface area contributed by atoms with E-state index in [0.29, 0.717) is 0 Å². The van der Waals surface area contributed by atoms with Gasteiger partial charge >= 0.3 is 0 Å². The molecule has 0 aromatic heterocycles. The van der Waals surface area contributed by atoms with Crippen LogP contribution in [-0.4, -0.2) is 37.3 Å². The summed E-state index contributed by atoms with van der Waals surface area (Å²) in [6.45, 7) is 5.10. The van der Waals surface area contributed by atoms with Gasteiger partial charge in [-0.2, -0.15) is 0 Å². The Hall–Kier alpha value is -0.150. The fourth-order valence-electron chi connectivity index (χ4n) is 1.29. The van der Waals surface area contributed by atoms with Gasteiger partial charge in [0.15, 0.2) is 0 Å². The molecule has 1 rings (SSSR count). The number of hydrogen-bond donors (Lipinski definition) is 1. The second kappa shape index (κ2) is 3.30. The van der Waals surface area contributed by atoms with Gasteiger partial charge in [0, 0.05) is 25.6 Å². The Balaban J connectivity index is 2.13. The molecule has 0 bridgehead atoms. The zero-order valence-corrected chi connectivity index (χ0v) is 6.39. The van der Waals surface area contributed by atoms with Crippen molar-refractivity contribution in [3.8, 4) is 0 Å². The summed E-state index contributed by atoms with van der Waals surface area (Å²) in [6, 6.07) is 0. The minimum Gasteiger partial charge on any atom is -0.328 e. The van der Waals surface area contributed by atoms with E-state index < -0.39 is 6.17 Å². The van der Waals surface area contributed by atoms with Gasteiger partial charge in [-0.15, -0.1) is 0 Å². The first-order valence-corrected chi connectivity index (χ1v) is 3.84. The maximum Gasteiger partial charge on any atom is 0.118 e. The molecule has 1 heterocycles. The summed E-state index contributed by atoms with van der Waals surface area (Å²) in [6.07, 6.45) is -0.775. The van der Waals surface area contributed by atoms with E-state index in [9.17, 15) is 4.39 Å². The summed E-state index contributed by atoms with van der Waals surface area (Å²) in [5.41, 5.74) is 5.18. The van der Waals surface area contributed by atoms with Crippen LogP contribution in [-0.2, 0) is 0 Å². The van der Waals surface area contributed by atoms with Gasteiger partial charge in [-0.25, -0.2) is 4.39 Å². The predicted molar refractivity (Wildman–Crippen MR) is 39.6 cm³/mol. The number of nitrogens with zero attached hydrogens (tertiary/aromatic N) is 1. The first-order chi connectivity index (χ1) is 4.77. The third-order valence-corrected chi connectivity index (χ3v) is 2.17. The highest BCUT2D eigenvalue weighted by Crippen LogP contribution is 2.19. The first-order valence-electron chi connectivity index (χ1n) is 3.84. The smallest absolute Gasteiger partial charge is 0.118 e. The lowest BCUT2D eigenvalue weighted by Gasteiger charge is -2.39. The van der Waals surface area contributed by atoms with Crippen molar-refractivity contribution in [3.05, 3.63) is 0 Å². The van der Waals surface area contributed by atoms with Gasteiger partial charge in [0.05, 0.1) is 0 Å². The molecule has 10 heavy (non-hydrogen) atoms. The van der Waals surface area contributed by atoms with E-state index in [2.05, 4.69) is 11.8 Å². The van der Waals surface area contributed by atoms with Gasteiger partial charge in [0.2, 0.25) is 0 Å². The van der Waals surface area contributed by atoms with Gasteiger partial charge in [-0.3, -0.25) is 0 Å². The molecule has 1 fully saturated rings. The van der Waals surface area contributed by atoms with E-state index in [0.717, 1.165) is 19.6 Å². The van der Waals surface area contributed by atoms with E-state index in [1.807, 2.05) is 0 Å². The lowest BCUT2D eigenvalue weighted by atomic mass is 9.95. The minimum atomic E-state index is -0.775. The molecule has 0 spiro atoms. The SMILES string of the molecule is CCN1CC(C(F)CN)C1. The van der Waals surface area contributed by atoms with Crippen LogP contribution in [0.5, 0.6) is 0 Å². The zero-order valence-electron chi connectivity index (χ0n) is 6.39. The molecule has 0 saturated carbocycles. The van der Waals surface area contributed by atoms with Gasteiger partial charge in [0.1, 0.15) is 6.17 Å². The lowest BCUT2D eigenvalue weighted by Crippen LogP contribution is -2.51. The van der Waals surface area contributed by atoms with E-state index in [-0.39, 0.29) is 12.5 Å². The van der Waals surface area contributed by atoms with Crippen molar-refractivity contribution in [1.82, 2.24) is 4.90 Å². The average molecular weight is 146 g/mol. The normalized spacial score (nSPS) is 24.3. The van der Waals surface area contributed by atoms with Crippen LogP contribution in [0.4, 0.5) is 4.39 Å². The monoisotopic (exact) mass is 146 g/mol. The number of alkyl halides is 1. The van der Waals surface area contributed by atoms with Crippen LogP contribution in [0.15, 0.2) is 0 Å². The fourth-order valence-corrected chi connectivity index (χ4v) is 1.29. The van der Waals surface area contributed by atoms with Gasteiger partial charge in [-0.1, -0.05) is 6.92 Å². The van der Waals surface area contributed by atoms with Crippen molar-refractivity contribution >= 4 is 0 Å². The quantitative estimate of drug-likeness (QED) is 0.617. The van der Waals surface area contributed by atoms with Crippen LogP contribution < -0.4 is 5.73 Å². The van der Waals surface area contributed by atoms with Crippen LogP contribution in [0.25, 0.3) is 0 Å². The van der Waals surface area contributed by atoms with Crippen molar-refractivity contribution < 1.29 is 4.39 Å². The topological polar surface area (TPSA) is 29.3 Å². The average Bonchev–Trinajstić information content (AvgIpc) is 1.85. The first kappa shape index (κ1) is 7.95. The molecule has 1 saturated heterocycles. The van der Waals surface area contributed by atoms with Crippen LogP contribution in [0.2, 0.25) is 0 Å². The second-order valence-electron chi connectivity index (χ2n) is 2.86. The molecule has 0 aromatic carbocycles. The molecular formula is C7H15FN2. The standard InChI is InChI=1S/C7H15FN2/c1-2-10-4-6(5-10)7(8)3-9/h6-7H,2-5,9H2,1H3. The molecule has 1 atom stereocenters. The maximum atomic E-state index is 12.7. The Kier molecular flexibility index (Phi) is 2.63. The van der Waals surface area contributed by atoms with Crippen LogP contribution in [0.3, 0.4) is 0 Å². The molecule has 0 amide bonds. The molecule has 0 radical (unpaired) electrons. The Labute approximate surface area is 61.2 Å². The van der Waals surface area contributed by atoms with Gasteiger partial charge < -0.3 is 10.6 Å². The van der Waals surface area contributed by atoms with E-state index in [1.165, 1.54) is 0 Å². The summed E-state index contributed by atoms with van der Waals surface area (Å²) in [5.74, 6) is 0.213. The summed E-state index contributed by atoms with van der Waals surface area (Å²) < 4.78 is 12.7. The molecular weight excluding hydrogens is 131 g/mol.